The minimum Gasteiger partial charge on any atom is -0.508 e. The molecule has 2 heterocycles. The molecule has 0 aliphatic carbocycles. The summed E-state index contributed by atoms with van der Waals surface area (Å²) in [6.45, 7) is 0. The van der Waals surface area contributed by atoms with E-state index in [1.54, 1.807) is 18.3 Å². The molecular formula is C13H11F3N4O2. The summed E-state index contributed by atoms with van der Waals surface area (Å²) >= 11 is 0. The van der Waals surface area contributed by atoms with E-state index >= 15 is 0 Å². The minimum absolute atomic E-state index is 0.0841. The van der Waals surface area contributed by atoms with Crippen LogP contribution in [0.1, 0.15) is 23.3 Å². The molecule has 0 spiro atoms. The smallest absolute Gasteiger partial charge is 0.471 e. The number of aromatic hydroxyl groups is 1. The van der Waals surface area contributed by atoms with Crippen molar-refractivity contribution in [3.05, 3.63) is 41.7 Å². The van der Waals surface area contributed by atoms with E-state index in [0.717, 1.165) is 16.5 Å². The first-order valence-electron chi connectivity index (χ1n) is 6.30. The van der Waals surface area contributed by atoms with Gasteiger partial charge in [-0.3, -0.25) is 0 Å². The van der Waals surface area contributed by atoms with E-state index in [9.17, 15) is 18.3 Å². The normalized spacial score (nSPS) is 13.6. The van der Waals surface area contributed by atoms with Crippen LogP contribution in [0.25, 0.3) is 10.9 Å². The van der Waals surface area contributed by atoms with Crippen LogP contribution in [0.5, 0.6) is 5.75 Å². The third-order valence-electron chi connectivity index (χ3n) is 3.21. The number of H-pyrrole nitrogens is 1. The number of nitrogens with one attached hydrogen (secondary N) is 1. The van der Waals surface area contributed by atoms with Crippen LogP contribution in [0.4, 0.5) is 13.2 Å². The van der Waals surface area contributed by atoms with Gasteiger partial charge in [-0.05, 0) is 30.2 Å². The van der Waals surface area contributed by atoms with E-state index in [2.05, 4.69) is 19.6 Å². The lowest BCUT2D eigenvalue weighted by Crippen LogP contribution is -2.15. The highest BCUT2D eigenvalue weighted by Crippen LogP contribution is 2.29. The second-order valence-corrected chi connectivity index (χ2v) is 4.81. The molecule has 9 heteroatoms. The standard InChI is InChI=1S/C13H11F3N4O2/c14-13(15,16)12-19-11(20-22-12)9(17)3-6-5-18-10-2-1-7(21)4-8(6)10/h1-2,4-5,9,18,21H,3,17H2/t9-/m0/s1. The van der Waals surface area contributed by atoms with E-state index < -0.39 is 18.1 Å². The molecule has 116 valence electrons. The summed E-state index contributed by atoms with van der Waals surface area (Å²) in [5.41, 5.74) is 7.36. The van der Waals surface area contributed by atoms with Crippen molar-refractivity contribution in [3.63, 3.8) is 0 Å². The van der Waals surface area contributed by atoms with Crippen LogP contribution in [0.15, 0.2) is 28.9 Å². The first kappa shape index (κ1) is 14.4. The van der Waals surface area contributed by atoms with E-state index in [1.165, 1.54) is 6.07 Å². The molecule has 0 aliphatic heterocycles. The SMILES string of the molecule is N[C@@H](Cc1c[nH]c2ccc(O)cc12)c1noc(C(F)(F)F)n1. The van der Waals surface area contributed by atoms with Gasteiger partial charge in [0.05, 0.1) is 6.04 Å². The summed E-state index contributed by atoms with van der Waals surface area (Å²) in [5, 5.41) is 13.5. The van der Waals surface area contributed by atoms with E-state index in [0.29, 0.717) is 0 Å². The second-order valence-electron chi connectivity index (χ2n) is 4.81. The molecule has 2 aromatic heterocycles. The number of fused-ring (bicyclic) bond motifs is 1. The summed E-state index contributed by atoms with van der Waals surface area (Å²) < 4.78 is 41.4. The molecule has 3 aromatic rings. The topological polar surface area (TPSA) is 101 Å². The monoisotopic (exact) mass is 312 g/mol. The Morgan fingerprint density at radius 1 is 1.36 bits per heavy atom. The predicted octanol–water partition coefficient (Wildman–Crippen LogP) is 2.52. The number of hydrogen-bond acceptors (Lipinski definition) is 5. The van der Waals surface area contributed by atoms with Gasteiger partial charge in [0.2, 0.25) is 0 Å². The third-order valence-corrected chi connectivity index (χ3v) is 3.21. The first-order chi connectivity index (χ1) is 10.3. The van der Waals surface area contributed by atoms with Crippen LogP contribution in [0.2, 0.25) is 0 Å². The highest BCUT2D eigenvalue weighted by atomic mass is 19.4. The van der Waals surface area contributed by atoms with Gasteiger partial charge in [-0.25, -0.2) is 0 Å². The Balaban J connectivity index is 1.85. The van der Waals surface area contributed by atoms with Crippen LogP contribution < -0.4 is 5.73 Å². The van der Waals surface area contributed by atoms with Crippen molar-refractivity contribution in [2.24, 2.45) is 5.73 Å². The number of rotatable bonds is 3. The molecule has 0 aliphatic rings. The van der Waals surface area contributed by atoms with Crippen molar-refractivity contribution in [1.29, 1.82) is 0 Å². The van der Waals surface area contributed by atoms with Crippen LogP contribution in [-0.4, -0.2) is 20.2 Å². The average molecular weight is 312 g/mol. The molecule has 1 atom stereocenters. The van der Waals surface area contributed by atoms with Crippen LogP contribution in [-0.2, 0) is 12.6 Å². The Morgan fingerprint density at radius 2 is 2.14 bits per heavy atom. The molecular weight excluding hydrogens is 301 g/mol. The summed E-state index contributed by atoms with van der Waals surface area (Å²) in [6.07, 6.45) is -2.83. The molecule has 3 rings (SSSR count). The summed E-state index contributed by atoms with van der Waals surface area (Å²) in [5.74, 6) is -1.56. The van der Waals surface area contributed by atoms with Gasteiger partial charge in [0.15, 0.2) is 5.82 Å². The average Bonchev–Trinajstić information content (AvgIpc) is 3.05. The zero-order valence-electron chi connectivity index (χ0n) is 11.1. The number of benzene rings is 1. The van der Waals surface area contributed by atoms with Crippen LogP contribution in [0.3, 0.4) is 0 Å². The summed E-state index contributed by atoms with van der Waals surface area (Å²) in [4.78, 5) is 6.26. The Morgan fingerprint density at radius 3 is 2.82 bits per heavy atom. The van der Waals surface area contributed by atoms with Crippen molar-refractivity contribution in [2.45, 2.75) is 18.6 Å². The molecule has 1 aromatic carbocycles. The molecule has 0 saturated carbocycles. The maximum absolute atomic E-state index is 12.4. The van der Waals surface area contributed by atoms with Crippen molar-refractivity contribution < 1.29 is 22.8 Å². The fourth-order valence-electron chi connectivity index (χ4n) is 2.16. The molecule has 0 bridgehead atoms. The fourth-order valence-corrected chi connectivity index (χ4v) is 2.16. The first-order valence-corrected chi connectivity index (χ1v) is 6.30. The number of aromatic nitrogens is 3. The number of hydrogen-bond donors (Lipinski definition) is 3. The lowest BCUT2D eigenvalue weighted by molar-refractivity contribution is -0.159. The number of phenols is 1. The number of aromatic amines is 1. The summed E-state index contributed by atoms with van der Waals surface area (Å²) in [6, 6.07) is 3.90. The Hall–Kier alpha value is -2.55. The Kier molecular flexibility index (Phi) is 3.28. The van der Waals surface area contributed by atoms with E-state index in [4.69, 9.17) is 5.73 Å². The number of phenolic OH excluding ortho intramolecular Hbond substituents is 1. The molecule has 0 saturated heterocycles. The third kappa shape index (κ3) is 2.62. The lowest BCUT2D eigenvalue weighted by Gasteiger charge is -2.06. The van der Waals surface area contributed by atoms with E-state index in [-0.39, 0.29) is 18.0 Å². The van der Waals surface area contributed by atoms with Gasteiger partial charge in [0.25, 0.3) is 0 Å². The molecule has 6 nitrogen and oxygen atoms in total. The van der Waals surface area contributed by atoms with Crippen molar-refractivity contribution in [1.82, 2.24) is 15.1 Å². The van der Waals surface area contributed by atoms with Gasteiger partial charge >= 0.3 is 12.1 Å². The predicted molar refractivity (Wildman–Crippen MR) is 69.9 cm³/mol. The molecule has 0 amide bonds. The van der Waals surface area contributed by atoms with Gasteiger partial charge < -0.3 is 20.3 Å². The van der Waals surface area contributed by atoms with Crippen molar-refractivity contribution >= 4 is 10.9 Å². The maximum atomic E-state index is 12.4. The number of halogens is 3. The highest BCUT2D eigenvalue weighted by Gasteiger charge is 2.39. The van der Waals surface area contributed by atoms with Crippen molar-refractivity contribution in [3.8, 4) is 5.75 Å². The zero-order valence-corrected chi connectivity index (χ0v) is 11.1. The maximum Gasteiger partial charge on any atom is 0.471 e. The molecule has 22 heavy (non-hydrogen) atoms. The number of nitrogens with zero attached hydrogens (tertiary/aromatic N) is 2. The quantitative estimate of drug-likeness (QED) is 0.690. The second kappa shape index (κ2) is 5.02. The molecule has 0 fully saturated rings. The highest BCUT2D eigenvalue weighted by molar-refractivity contribution is 5.84. The zero-order chi connectivity index (χ0) is 15.9. The molecule has 4 N–H and O–H groups in total. The fraction of sp³-hybridized carbons (Fsp3) is 0.231. The van der Waals surface area contributed by atoms with Gasteiger partial charge in [0.1, 0.15) is 5.75 Å². The van der Waals surface area contributed by atoms with Gasteiger partial charge in [-0.2, -0.15) is 18.2 Å². The van der Waals surface area contributed by atoms with Crippen LogP contribution >= 0.6 is 0 Å². The molecule has 0 unspecified atom stereocenters. The Bertz CT molecular complexity index is 809. The van der Waals surface area contributed by atoms with Gasteiger partial charge in [-0.15, -0.1) is 0 Å². The number of alkyl halides is 3. The van der Waals surface area contributed by atoms with Crippen LogP contribution in [0, 0.1) is 0 Å². The van der Waals surface area contributed by atoms with E-state index in [1.807, 2.05) is 0 Å². The van der Waals surface area contributed by atoms with Crippen molar-refractivity contribution in [2.75, 3.05) is 0 Å². The largest absolute Gasteiger partial charge is 0.508 e. The number of nitrogens with two attached hydrogens (primary N) is 1. The minimum atomic E-state index is -4.70. The molecule has 0 radical (unpaired) electrons. The van der Waals surface area contributed by atoms with Gasteiger partial charge in [-0.1, -0.05) is 5.16 Å². The lowest BCUT2D eigenvalue weighted by atomic mass is 10.1. The summed E-state index contributed by atoms with van der Waals surface area (Å²) in [7, 11) is 0. The Labute approximate surface area is 121 Å². The van der Waals surface area contributed by atoms with Gasteiger partial charge in [0, 0.05) is 17.1 Å².